The number of hydrogen-bond donors (Lipinski definition) is 2. The molecule has 5 nitrogen and oxygen atoms in total. The number of hydrogen-bond acceptors (Lipinski definition) is 5. The second-order valence-corrected chi connectivity index (χ2v) is 4.44. The Hall–Kier alpha value is -1.33. The molecule has 114 valence electrons. The molecule has 20 heavy (non-hydrogen) atoms. The molecule has 2 rings (SSSR count). The fourth-order valence-electron chi connectivity index (χ4n) is 2.15. The first kappa shape index (κ1) is 16.7. The highest BCUT2D eigenvalue weighted by atomic mass is 16.5. The van der Waals surface area contributed by atoms with Crippen LogP contribution in [-0.4, -0.2) is 38.3 Å². The lowest BCUT2D eigenvalue weighted by Crippen LogP contribution is -2.39. The number of pyridine rings is 1. The van der Waals surface area contributed by atoms with Crippen LogP contribution in [0.1, 0.15) is 32.4 Å². The third-order valence-corrected chi connectivity index (χ3v) is 3.24. The van der Waals surface area contributed by atoms with E-state index in [1.54, 1.807) is 20.4 Å². The molecule has 0 saturated carbocycles. The summed E-state index contributed by atoms with van der Waals surface area (Å²) >= 11 is 0. The summed E-state index contributed by atoms with van der Waals surface area (Å²) in [4.78, 5) is 4.36. The molecule has 0 atom stereocenters. The van der Waals surface area contributed by atoms with E-state index in [4.69, 9.17) is 9.47 Å². The van der Waals surface area contributed by atoms with Crippen LogP contribution in [0.25, 0.3) is 0 Å². The summed E-state index contributed by atoms with van der Waals surface area (Å²) in [5, 5.41) is 6.88. The zero-order valence-corrected chi connectivity index (χ0v) is 13.0. The summed E-state index contributed by atoms with van der Waals surface area (Å²) in [6.45, 7) is 6.96. The number of nitrogens with zero attached hydrogens (tertiary/aromatic N) is 1. The van der Waals surface area contributed by atoms with Crippen molar-refractivity contribution in [2.75, 3.05) is 27.3 Å². The van der Waals surface area contributed by atoms with E-state index >= 15 is 0 Å². The smallest absolute Gasteiger partial charge is 0.179 e. The summed E-state index contributed by atoms with van der Waals surface area (Å²) < 4.78 is 10.4. The van der Waals surface area contributed by atoms with E-state index in [1.165, 1.54) is 12.8 Å². The molecule has 0 radical (unpaired) electrons. The second kappa shape index (κ2) is 9.55. The zero-order chi connectivity index (χ0) is 14.8. The minimum Gasteiger partial charge on any atom is -0.493 e. The van der Waals surface area contributed by atoms with Crippen molar-refractivity contribution in [3.63, 3.8) is 0 Å². The number of ether oxygens (including phenoxy) is 2. The number of methoxy groups -OCH3 is 2. The van der Waals surface area contributed by atoms with Gasteiger partial charge in [0.1, 0.15) is 0 Å². The van der Waals surface area contributed by atoms with E-state index < -0.39 is 0 Å². The number of aromatic nitrogens is 1. The van der Waals surface area contributed by atoms with Crippen LogP contribution in [0.15, 0.2) is 12.3 Å². The van der Waals surface area contributed by atoms with Gasteiger partial charge in [-0.05, 0) is 25.9 Å². The molecular formula is C15H27N3O2. The molecule has 0 aliphatic carbocycles. The molecule has 0 aromatic carbocycles. The van der Waals surface area contributed by atoms with Gasteiger partial charge in [-0.1, -0.05) is 13.8 Å². The van der Waals surface area contributed by atoms with Crippen LogP contribution in [-0.2, 0) is 6.54 Å². The maximum atomic E-state index is 5.27. The van der Waals surface area contributed by atoms with Crippen LogP contribution in [0.2, 0.25) is 0 Å². The van der Waals surface area contributed by atoms with Gasteiger partial charge >= 0.3 is 0 Å². The highest BCUT2D eigenvalue weighted by Gasteiger charge is 2.13. The Balaban J connectivity index is 0.000000956. The first-order valence-electron chi connectivity index (χ1n) is 7.34. The van der Waals surface area contributed by atoms with Crippen molar-refractivity contribution in [1.29, 1.82) is 0 Å². The second-order valence-electron chi connectivity index (χ2n) is 4.44. The molecule has 2 heterocycles. The first-order chi connectivity index (χ1) is 9.83. The van der Waals surface area contributed by atoms with Crippen molar-refractivity contribution >= 4 is 0 Å². The van der Waals surface area contributed by atoms with Crippen LogP contribution in [0.3, 0.4) is 0 Å². The summed E-state index contributed by atoms with van der Waals surface area (Å²) in [5.41, 5.74) is 0.978. The van der Waals surface area contributed by atoms with Gasteiger partial charge in [0.15, 0.2) is 11.5 Å². The Morgan fingerprint density at radius 2 is 1.85 bits per heavy atom. The fraction of sp³-hybridized carbons (Fsp3) is 0.667. The largest absolute Gasteiger partial charge is 0.493 e. The van der Waals surface area contributed by atoms with Crippen molar-refractivity contribution in [3.05, 3.63) is 18.0 Å². The predicted molar refractivity (Wildman–Crippen MR) is 81.4 cm³/mol. The lowest BCUT2D eigenvalue weighted by atomic mass is 10.1. The average molecular weight is 281 g/mol. The predicted octanol–water partition coefficient (Wildman–Crippen LogP) is 1.97. The molecule has 1 aromatic heterocycles. The lowest BCUT2D eigenvalue weighted by molar-refractivity contribution is 0.351. The highest BCUT2D eigenvalue weighted by Crippen LogP contribution is 2.25. The molecule has 1 aliphatic rings. The van der Waals surface area contributed by atoms with E-state index in [9.17, 15) is 0 Å². The van der Waals surface area contributed by atoms with Crippen LogP contribution in [0, 0.1) is 0 Å². The Morgan fingerprint density at radius 1 is 1.20 bits per heavy atom. The Morgan fingerprint density at radius 3 is 2.45 bits per heavy atom. The topological polar surface area (TPSA) is 55.4 Å². The maximum absolute atomic E-state index is 5.27. The van der Waals surface area contributed by atoms with Crippen molar-refractivity contribution in [2.24, 2.45) is 0 Å². The Labute approximate surface area is 122 Å². The Kier molecular flexibility index (Phi) is 7.99. The number of piperidine rings is 1. The normalized spacial score (nSPS) is 15.2. The quantitative estimate of drug-likeness (QED) is 0.864. The molecule has 5 heteroatoms. The van der Waals surface area contributed by atoms with E-state index in [0.29, 0.717) is 11.8 Å². The van der Waals surface area contributed by atoms with E-state index in [0.717, 1.165) is 31.1 Å². The van der Waals surface area contributed by atoms with Crippen LogP contribution in [0.4, 0.5) is 0 Å². The summed E-state index contributed by atoms with van der Waals surface area (Å²) in [6, 6.07) is 2.51. The first-order valence-corrected chi connectivity index (χ1v) is 7.34. The average Bonchev–Trinajstić information content (AvgIpc) is 2.55. The molecule has 0 bridgehead atoms. The molecule has 1 fully saturated rings. The van der Waals surface area contributed by atoms with Gasteiger partial charge in [0.05, 0.1) is 26.1 Å². The van der Waals surface area contributed by atoms with Crippen LogP contribution >= 0.6 is 0 Å². The third kappa shape index (κ3) is 4.98. The van der Waals surface area contributed by atoms with E-state index in [2.05, 4.69) is 15.6 Å². The van der Waals surface area contributed by atoms with Crippen molar-refractivity contribution in [1.82, 2.24) is 15.6 Å². The summed E-state index contributed by atoms with van der Waals surface area (Å²) in [5.74, 6) is 1.40. The number of rotatable bonds is 5. The summed E-state index contributed by atoms with van der Waals surface area (Å²) in [7, 11) is 3.26. The molecule has 1 aliphatic heterocycles. The Bertz CT molecular complexity index is 379. The SMILES string of the molecule is CC.COc1cnc(CNC2CCNCC2)cc1OC. The van der Waals surface area contributed by atoms with Gasteiger partial charge in [0.25, 0.3) is 0 Å². The standard InChI is InChI=1S/C13H21N3O2.C2H6/c1-17-12-7-11(16-9-13(12)18-2)8-15-10-3-5-14-6-4-10;1-2/h7,9-10,14-15H,3-6,8H2,1-2H3;1-2H3. The van der Waals surface area contributed by atoms with Crippen molar-refractivity contribution in [2.45, 2.75) is 39.3 Å². The van der Waals surface area contributed by atoms with Crippen LogP contribution < -0.4 is 20.1 Å². The molecule has 2 N–H and O–H groups in total. The molecule has 0 amide bonds. The van der Waals surface area contributed by atoms with Gasteiger partial charge in [-0.15, -0.1) is 0 Å². The molecule has 1 saturated heterocycles. The zero-order valence-electron chi connectivity index (χ0n) is 13.0. The van der Waals surface area contributed by atoms with Gasteiger partial charge in [0.2, 0.25) is 0 Å². The van der Waals surface area contributed by atoms with Gasteiger partial charge in [-0.3, -0.25) is 4.98 Å². The van der Waals surface area contributed by atoms with E-state index in [-0.39, 0.29) is 0 Å². The monoisotopic (exact) mass is 281 g/mol. The van der Waals surface area contributed by atoms with Crippen molar-refractivity contribution in [3.8, 4) is 11.5 Å². The molecule has 1 aromatic rings. The summed E-state index contributed by atoms with van der Waals surface area (Å²) in [6.07, 6.45) is 4.05. The van der Waals surface area contributed by atoms with E-state index in [1.807, 2.05) is 19.9 Å². The molecule has 0 unspecified atom stereocenters. The van der Waals surface area contributed by atoms with Gasteiger partial charge in [-0.2, -0.15) is 0 Å². The van der Waals surface area contributed by atoms with Gasteiger partial charge in [-0.25, -0.2) is 0 Å². The lowest BCUT2D eigenvalue weighted by Gasteiger charge is -2.23. The maximum Gasteiger partial charge on any atom is 0.179 e. The minimum absolute atomic E-state index is 0.584. The molecular weight excluding hydrogens is 254 g/mol. The fourth-order valence-corrected chi connectivity index (χ4v) is 2.15. The van der Waals surface area contributed by atoms with Crippen LogP contribution in [0.5, 0.6) is 11.5 Å². The van der Waals surface area contributed by atoms with Gasteiger partial charge < -0.3 is 20.1 Å². The minimum atomic E-state index is 0.584. The number of nitrogens with one attached hydrogen (secondary N) is 2. The highest BCUT2D eigenvalue weighted by molar-refractivity contribution is 5.38. The third-order valence-electron chi connectivity index (χ3n) is 3.24. The van der Waals surface area contributed by atoms with Crippen molar-refractivity contribution < 1.29 is 9.47 Å². The van der Waals surface area contributed by atoms with Gasteiger partial charge in [0, 0.05) is 18.7 Å². The molecule has 0 spiro atoms.